The summed E-state index contributed by atoms with van der Waals surface area (Å²) in [6, 6.07) is 14.8. The Morgan fingerprint density at radius 2 is 1.62 bits per heavy atom. The molecule has 0 spiro atoms. The topological polar surface area (TPSA) is 61.4 Å². The number of nitrogens with one attached hydrogen (secondary N) is 2. The van der Waals surface area contributed by atoms with E-state index in [-0.39, 0.29) is 11.9 Å². The number of carbonyl (C=O) groups is 2. The van der Waals surface area contributed by atoms with Crippen LogP contribution >= 0.6 is 0 Å². The fraction of sp³-hybridized carbons (Fsp3) is 0.333. The lowest BCUT2D eigenvalue weighted by Gasteiger charge is -2.24. The predicted octanol–water partition coefficient (Wildman–Crippen LogP) is 4.19. The summed E-state index contributed by atoms with van der Waals surface area (Å²) < 4.78 is 0. The highest BCUT2D eigenvalue weighted by Gasteiger charge is 2.34. The second kappa shape index (κ2) is 8.04. The molecule has 0 radical (unpaired) electrons. The van der Waals surface area contributed by atoms with E-state index in [2.05, 4.69) is 17.6 Å². The van der Waals surface area contributed by atoms with Gasteiger partial charge in [0.25, 0.3) is 0 Å². The average Bonchev–Trinajstić information content (AvgIpc) is 3.14. The van der Waals surface area contributed by atoms with Crippen LogP contribution in [0.5, 0.6) is 0 Å². The van der Waals surface area contributed by atoms with Gasteiger partial charge in [0.15, 0.2) is 0 Å². The third-order valence-electron chi connectivity index (χ3n) is 4.75. The minimum atomic E-state index is -0.439. The van der Waals surface area contributed by atoms with E-state index >= 15 is 0 Å². The minimum Gasteiger partial charge on any atom is -0.324 e. The quantitative estimate of drug-likeness (QED) is 0.867. The molecule has 1 fully saturated rings. The Hall–Kier alpha value is -2.82. The Morgan fingerprint density at radius 1 is 1.00 bits per heavy atom. The highest BCUT2D eigenvalue weighted by molar-refractivity contribution is 5.99. The van der Waals surface area contributed by atoms with Crippen LogP contribution in [-0.4, -0.2) is 29.4 Å². The van der Waals surface area contributed by atoms with Gasteiger partial charge in [0.1, 0.15) is 6.04 Å². The summed E-state index contributed by atoms with van der Waals surface area (Å²) in [4.78, 5) is 26.9. The number of aryl methyl sites for hydroxylation is 2. The fourth-order valence-electron chi connectivity index (χ4n) is 3.16. The highest BCUT2D eigenvalue weighted by atomic mass is 16.2. The molecular weight excluding hydrogens is 326 g/mol. The molecule has 5 heteroatoms. The van der Waals surface area contributed by atoms with E-state index in [4.69, 9.17) is 0 Å². The minimum absolute atomic E-state index is 0.134. The van der Waals surface area contributed by atoms with Gasteiger partial charge >= 0.3 is 6.03 Å². The van der Waals surface area contributed by atoms with Crippen molar-refractivity contribution in [1.29, 1.82) is 0 Å². The maximum Gasteiger partial charge on any atom is 0.322 e. The maximum atomic E-state index is 12.6. The molecule has 3 rings (SSSR count). The van der Waals surface area contributed by atoms with Gasteiger partial charge in [-0.1, -0.05) is 36.8 Å². The first-order valence-corrected chi connectivity index (χ1v) is 9.11. The highest BCUT2D eigenvalue weighted by Crippen LogP contribution is 2.21. The van der Waals surface area contributed by atoms with Crippen molar-refractivity contribution in [3.05, 3.63) is 59.7 Å². The molecular formula is C21H25N3O2. The summed E-state index contributed by atoms with van der Waals surface area (Å²) in [7, 11) is 0. The van der Waals surface area contributed by atoms with Crippen molar-refractivity contribution in [3.63, 3.8) is 0 Å². The molecule has 2 N–H and O–H groups in total. The smallest absolute Gasteiger partial charge is 0.322 e. The monoisotopic (exact) mass is 351 g/mol. The van der Waals surface area contributed by atoms with Crippen molar-refractivity contribution < 1.29 is 9.59 Å². The SMILES string of the molecule is CCc1ccc(NC(=O)C2CCCN2C(=O)Nc2ccc(C)cc2)cc1. The largest absolute Gasteiger partial charge is 0.324 e. The van der Waals surface area contributed by atoms with Crippen molar-refractivity contribution in [3.8, 4) is 0 Å². The predicted molar refractivity (Wildman–Crippen MR) is 104 cm³/mol. The van der Waals surface area contributed by atoms with Crippen molar-refractivity contribution in [2.24, 2.45) is 0 Å². The molecule has 0 saturated carbocycles. The van der Waals surface area contributed by atoms with Gasteiger partial charge in [-0.3, -0.25) is 4.79 Å². The van der Waals surface area contributed by atoms with E-state index in [1.807, 2.05) is 55.5 Å². The van der Waals surface area contributed by atoms with E-state index in [9.17, 15) is 9.59 Å². The molecule has 1 aliphatic rings. The molecule has 0 bridgehead atoms. The van der Waals surface area contributed by atoms with Crippen LogP contribution in [0.25, 0.3) is 0 Å². The van der Waals surface area contributed by atoms with E-state index in [0.29, 0.717) is 13.0 Å². The number of carbonyl (C=O) groups excluding carboxylic acids is 2. The number of anilines is 2. The molecule has 0 aliphatic carbocycles. The molecule has 2 aromatic rings. The number of hydrogen-bond acceptors (Lipinski definition) is 2. The Labute approximate surface area is 154 Å². The lowest BCUT2D eigenvalue weighted by atomic mass is 10.1. The normalized spacial score (nSPS) is 16.4. The van der Waals surface area contributed by atoms with Crippen molar-refractivity contribution >= 4 is 23.3 Å². The molecule has 1 atom stereocenters. The van der Waals surface area contributed by atoms with Gasteiger partial charge in [0.05, 0.1) is 0 Å². The third-order valence-corrected chi connectivity index (χ3v) is 4.75. The van der Waals surface area contributed by atoms with Crippen molar-refractivity contribution in [2.75, 3.05) is 17.2 Å². The lowest BCUT2D eigenvalue weighted by molar-refractivity contribution is -0.119. The first kappa shape index (κ1) is 18.0. The number of rotatable bonds is 4. The Bertz CT molecular complexity index is 769. The number of urea groups is 1. The second-order valence-electron chi connectivity index (χ2n) is 6.69. The molecule has 1 aliphatic heterocycles. The number of nitrogens with zero attached hydrogens (tertiary/aromatic N) is 1. The van der Waals surface area contributed by atoms with Crippen LogP contribution in [0.4, 0.5) is 16.2 Å². The molecule has 1 heterocycles. The lowest BCUT2D eigenvalue weighted by Crippen LogP contribution is -2.45. The maximum absolute atomic E-state index is 12.6. The number of benzene rings is 2. The average molecular weight is 351 g/mol. The fourth-order valence-corrected chi connectivity index (χ4v) is 3.16. The third kappa shape index (κ3) is 4.23. The Morgan fingerprint density at radius 3 is 2.27 bits per heavy atom. The summed E-state index contributed by atoms with van der Waals surface area (Å²) in [5, 5.41) is 5.81. The first-order chi connectivity index (χ1) is 12.6. The van der Waals surface area contributed by atoms with Gasteiger partial charge in [-0.15, -0.1) is 0 Å². The van der Waals surface area contributed by atoms with E-state index in [1.54, 1.807) is 4.90 Å². The Kier molecular flexibility index (Phi) is 5.56. The van der Waals surface area contributed by atoms with Crippen molar-refractivity contribution in [1.82, 2.24) is 4.90 Å². The van der Waals surface area contributed by atoms with Crippen LogP contribution < -0.4 is 10.6 Å². The summed E-state index contributed by atoms with van der Waals surface area (Å²) in [6.45, 7) is 4.68. The van der Waals surface area contributed by atoms with E-state index in [1.165, 1.54) is 5.56 Å². The molecule has 0 aromatic heterocycles. The van der Waals surface area contributed by atoms with Crippen molar-refractivity contribution in [2.45, 2.75) is 39.2 Å². The van der Waals surface area contributed by atoms with Crippen LogP contribution in [0.3, 0.4) is 0 Å². The van der Waals surface area contributed by atoms with Gasteiger partial charge in [-0.05, 0) is 56.0 Å². The van der Waals surface area contributed by atoms with E-state index < -0.39 is 6.04 Å². The van der Waals surface area contributed by atoms with Gasteiger partial charge < -0.3 is 15.5 Å². The zero-order valence-electron chi connectivity index (χ0n) is 15.3. The van der Waals surface area contributed by atoms with Gasteiger partial charge in [0.2, 0.25) is 5.91 Å². The zero-order valence-corrected chi connectivity index (χ0v) is 15.3. The summed E-state index contributed by atoms with van der Waals surface area (Å²) >= 11 is 0. The number of hydrogen-bond donors (Lipinski definition) is 2. The van der Waals surface area contributed by atoms with Gasteiger partial charge in [0, 0.05) is 17.9 Å². The summed E-state index contributed by atoms with van der Waals surface area (Å²) in [6.07, 6.45) is 2.47. The molecule has 3 amide bonds. The molecule has 1 saturated heterocycles. The number of amides is 3. The van der Waals surface area contributed by atoms with Gasteiger partial charge in [-0.25, -0.2) is 4.79 Å². The molecule has 5 nitrogen and oxygen atoms in total. The van der Waals surface area contributed by atoms with E-state index in [0.717, 1.165) is 29.8 Å². The first-order valence-electron chi connectivity index (χ1n) is 9.11. The Balaban J connectivity index is 1.63. The zero-order chi connectivity index (χ0) is 18.5. The summed E-state index contributed by atoms with van der Waals surface area (Å²) in [5.74, 6) is -0.134. The summed E-state index contributed by atoms with van der Waals surface area (Å²) in [5.41, 5.74) is 3.86. The van der Waals surface area contributed by atoms with Crippen LogP contribution in [0.1, 0.15) is 30.9 Å². The molecule has 1 unspecified atom stereocenters. The standard InChI is InChI=1S/C21H25N3O2/c1-3-16-8-12-17(13-9-16)22-20(25)19-5-4-14-24(19)21(26)23-18-10-6-15(2)7-11-18/h6-13,19H,3-5,14H2,1-2H3,(H,22,25)(H,23,26). The van der Waals surface area contributed by atoms with Crippen LogP contribution in [0.15, 0.2) is 48.5 Å². The molecule has 2 aromatic carbocycles. The van der Waals surface area contributed by atoms with Gasteiger partial charge in [-0.2, -0.15) is 0 Å². The molecule has 26 heavy (non-hydrogen) atoms. The van der Waals surface area contributed by atoms with Crippen LogP contribution in [0.2, 0.25) is 0 Å². The van der Waals surface area contributed by atoms with Crippen LogP contribution in [-0.2, 0) is 11.2 Å². The number of likely N-dealkylation sites (tertiary alicyclic amines) is 1. The van der Waals surface area contributed by atoms with Crippen LogP contribution in [0, 0.1) is 6.92 Å². The molecule has 136 valence electrons. The second-order valence-corrected chi connectivity index (χ2v) is 6.69.